The fraction of sp³-hybridized carbons (Fsp3) is 0. The molecule has 0 aliphatic carbocycles. The minimum absolute atomic E-state index is 0. The molecule has 6 heteroatoms. The summed E-state index contributed by atoms with van der Waals surface area (Å²) in [6.07, 6.45) is 0. The zero-order valence-corrected chi connectivity index (χ0v) is 7.40. The smallest absolute Gasteiger partial charge is 0.0932 e. The third-order valence-electron chi connectivity index (χ3n) is 1.06. The molecule has 0 amide bonds. The molecule has 0 saturated carbocycles. The second-order valence-corrected chi connectivity index (χ2v) is 1.71. The quantitative estimate of drug-likeness (QED) is 0.442. The van der Waals surface area contributed by atoms with Crippen molar-refractivity contribution in [3.05, 3.63) is 35.2 Å². The van der Waals surface area contributed by atoms with Crippen molar-refractivity contribution in [1.29, 1.82) is 0 Å². The fourth-order valence-electron chi connectivity index (χ4n) is 0.608. The van der Waals surface area contributed by atoms with E-state index in [1.165, 1.54) is 0 Å². The van der Waals surface area contributed by atoms with Gasteiger partial charge in [-0.25, -0.2) is 0 Å². The van der Waals surface area contributed by atoms with Gasteiger partial charge in [-0.3, -0.25) is 5.21 Å². The molecule has 0 saturated heterocycles. The van der Waals surface area contributed by atoms with Crippen LogP contribution in [-0.2, 0) is 17.1 Å². The summed E-state index contributed by atoms with van der Waals surface area (Å²) >= 11 is 0. The zero-order valence-electron chi connectivity index (χ0n) is 6.22. The van der Waals surface area contributed by atoms with Gasteiger partial charge in [0.2, 0.25) is 0 Å². The summed E-state index contributed by atoms with van der Waals surface area (Å²) in [5.74, 6) is 0. The van der Waals surface area contributed by atoms with Crippen molar-refractivity contribution >= 4 is 5.69 Å². The van der Waals surface area contributed by atoms with Crippen molar-refractivity contribution in [2.45, 2.75) is 0 Å². The molecule has 4 N–H and O–H groups in total. The molecule has 0 bridgehead atoms. The SMILES string of the molecule is N.O=NN(O)c1ccccc1.[Mn]. The fourth-order valence-corrected chi connectivity index (χ4v) is 0.608. The monoisotopic (exact) mass is 210 g/mol. The van der Waals surface area contributed by atoms with Gasteiger partial charge in [0.15, 0.2) is 0 Å². The van der Waals surface area contributed by atoms with Gasteiger partial charge in [0.05, 0.1) is 11.0 Å². The Bertz CT molecular complexity index is 219. The van der Waals surface area contributed by atoms with Crippen LogP contribution in [0.1, 0.15) is 0 Å². The van der Waals surface area contributed by atoms with Crippen LogP contribution in [-0.4, -0.2) is 5.21 Å². The maximum Gasteiger partial charge on any atom is 0.0932 e. The molecule has 0 atom stereocenters. The van der Waals surface area contributed by atoms with Crippen LogP contribution in [0.4, 0.5) is 5.69 Å². The topological polar surface area (TPSA) is 87.9 Å². The molecule has 0 aliphatic heterocycles. The van der Waals surface area contributed by atoms with E-state index in [1.54, 1.807) is 30.3 Å². The number of para-hydroxylation sites is 1. The molecule has 5 nitrogen and oxygen atoms in total. The minimum atomic E-state index is 0. The standard InChI is InChI=1S/C6H6N2O2.Mn.H3N/c9-7-8(10)6-4-2-1-3-5-6;;/h1-5,10H;;1H3. The van der Waals surface area contributed by atoms with E-state index < -0.39 is 0 Å². The number of hydrogen-bond acceptors (Lipinski definition) is 4. The molecule has 67 valence electrons. The average Bonchev–Trinajstić information content (AvgIpc) is 2.05. The molecule has 0 aromatic heterocycles. The number of nitroso groups, excluding NO2 is 1. The Morgan fingerprint density at radius 1 is 1.25 bits per heavy atom. The van der Waals surface area contributed by atoms with Crippen molar-refractivity contribution in [3.63, 3.8) is 0 Å². The van der Waals surface area contributed by atoms with Crippen LogP contribution in [0.2, 0.25) is 0 Å². The van der Waals surface area contributed by atoms with Crippen LogP contribution in [0.15, 0.2) is 35.6 Å². The molecule has 0 aliphatic rings. The molecule has 0 unspecified atom stereocenters. The molecule has 0 heterocycles. The third-order valence-corrected chi connectivity index (χ3v) is 1.06. The Hall–Kier alpha value is -0.941. The Labute approximate surface area is 80.3 Å². The maximum absolute atomic E-state index is 9.73. The zero-order chi connectivity index (χ0) is 7.40. The summed E-state index contributed by atoms with van der Waals surface area (Å²) in [7, 11) is 0. The van der Waals surface area contributed by atoms with E-state index in [4.69, 9.17) is 5.21 Å². The molecule has 1 aromatic carbocycles. The molecule has 0 fully saturated rings. The van der Waals surface area contributed by atoms with Crippen molar-refractivity contribution in [2.24, 2.45) is 5.29 Å². The van der Waals surface area contributed by atoms with E-state index in [9.17, 15) is 4.91 Å². The Morgan fingerprint density at radius 3 is 2.17 bits per heavy atom. The summed E-state index contributed by atoms with van der Waals surface area (Å²) < 4.78 is 0. The summed E-state index contributed by atoms with van der Waals surface area (Å²) in [5, 5.41) is 11.3. The molecule has 1 radical (unpaired) electrons. The van der Waals surface area contributed by atoms with Gasteiger partial charge in [-0.2, -0.15) is 0 Å². The first-order chi connectivity index (χ1) is 4.84. The number of anilines is 1. The van der Waals surface area contributed by atoms with Crippen molar-refractivity contribution in [2.75, 3.05) is 5.17 Å². The van der Waals surface area contributed by atoms with Gasteiger partial charge in [0, 0.05) is 17.1 Å². The Morgan fingerprint density at radius 2 is 1.75 bits per heavy atom. The van der Waals surface area contributed by atoms with Gasteiger partial charge in [0.25, 0.3) is 0 Å². The van der Waals surface area contributed by atoms with Crippen LogP contribution < -0.4 is 11.3 Å². The minimum Gasteiger partial charge on any atom is -0.344 e. The summed E-state index contributed by atoms with van der Waals surface area (Å²) in [4.78, 5) is 9.73. The van der Waals surface area contributed by atoms with Gasteiger partial charge < -0.3 is 6.15 Å². The number of nitrogens with zero attached hydrogens (tertiary/aromatic N) is 2. The second kappa shape index (κ2) is 6.75. The molecule has 1 aromatic rings. The summed E-state index contributed by atoms with van der Waals surface area (Å²) in [5.41, 5.74) is 0.359. The molecule has 0 spiro atoms. The van der Waals surface area contributed by atoms with Gasteiger partial charge in [-0.15, -0.1) is 10.1 Å². The van der Waals surface area contributed by atoms with Crippen LogP contribution in [0.25, 0.3) is 0 Å². The first kappa shape index (κ1) is 13.6. The van der Waals surface area contributed by atoms with Gasteiger partial charge in [0.1, 0.15) is 0 Å². The van der Waals surface area contributed by atoms with E-state index in [0.29, 0.717) is 5.69 Å². The van der Waals surface area contributed by atoms with Crippen LogP contribution in [0.3, 0.4) is 0 Å². The van der Waals surface area contributed by atoms with E-state index in [-0.39, 0.29) is 28.4 Å². The van der Waals surface area contributed by atoms with E-state index in [1.807, 2.05) is 0 Å². The predicted octanol–water partition coefficient (Wildman–Crippen LogP) is 1.72. The van der Waals surface area contributed by atoms with Gasteiger partial charge in [-0.05, 0) is 12.1 Å². The molecule has 1 rings (SSSR count). The van der Waals surface area contributed by atoms with Crippen molar-refractivity contribution in [3.8, 4) is 0 Å². The average molecular weight is 210 g/mol. The van der Waals surface area contributed by atoms with Gasteiger partial charge >= 0.3 is 0 Å². The largest absolute Gasteiger partial charge is 0.344 e. The summed E-state index contributed by atoms with van der Waals surface area (Å²) in [6.45, 7) is 0. The van der Waals surface area contributed by atoms with Crippen molar-refractivity contribution in [1.82, 2.24) is 6.15 Å². The Kier molecular flexibility index (Phi) is 7.67. The van der Waals surface area contributed by atoms with Crippen LogP contribution >= 0.6 is 0 Å². The predicted molar refractivity (Wildman–Crippen MR) is 41.5 cm³/mol. The molecular formula is C6H9MnN3O2. The van der Waals surface area contributed by atoms with Crippen molar-refractivity contribution < 1.29 is 22.3 Å². The van der Waals surface area contributed by atoms with E-state index in [2.05, 4.69) is 5.29 Å². The molecular weight excluding hydrogens is 201 g/mol. The number of benzene rings is 1. The van der Waals surface area contributed by atoms with E-state index >= 15 is 0 Å². The second-order valence-electron chi connectivity index (χ2n) is 1.71. The van der Waals surface area contributed by atoms with E-state index in [0.717, 1.165) is 0 Å². The first-order valence-electron chi connectivity index (χ1n) is 2.72. The molecule has 12 heavy (non-hydrogen) atoms. The van der Waals surface area contributed by atoms with Crippen LogP contribution in [0.5, 0.6) is 0 Å². The normalized spacial score (nSPS) is 7.42. The Balaban J connectivity index is 0. The first-order valence-corrected chi connectivity index (χ1v) is 2.72. The van der Waals surface area contributed by atoms with Crippen LogP contribution in [0, 0.1) is 4.91 Å². The third kappa shape index (κ3) is 3.45. The maximum atomic E-state index is 9.73. The summed E-state index contributed by atoms with van der Waals surface area (Å²) in [6, 6.07) is 8.32. The number of rotatable bonds is 2. The number of hydrogen-bond donors (Lipinski definition) is 2. The van der Waals surface area contributed by atoms with Gasteiger partial charge in [-0.1, -0.05) is 18.2 Å².